The second-order valence-electron chi connectivity index (χ2n) is 6.62. The predicted octanol–water partition coefficient (Wildman–Crippen LogP) is 2.25. The van der Waals surface area contributed by atoms with Gasteiger partial charge in [0.15, 0.2) is 0 Å². The van der Waals surface area contributed by atoms with Gasteiger partial charge in [0.25, 0.3) is 5.69 Å². The highest BCUT2D eigenvalue weighted by atomic mass is 16.6. The van der Waals surface area contributed by atoms with Crippen LogP contribution in [0.4, 0.5) is 11.4 Å². The summed E-state index contributed by atoms with van der Waals surface area (Å²) in [6.45, 7) is 3.73. The molecule has 1 amide bonds. The van der Waals surface area contributed by atoms with Crippen LogP contribution >= 0.6 is 0 Å². The van der Waals surface area contributed by atoms with Crippen LogP contribution in [0.15, 0.2) is 18.2 Å². The summed E-state index contributed by atoms with van der Waals surface area (Å²) < 4.78 is 5.00. The Kier molecular flexibility index (Phi) is 7.80. The van der Waals surface area contributed by atoms with Crippen molar-refractivity contribution in [2.75, 3.05) is 45.7 Å². The van der Waals surface area contributed by atoms with Gasteiger partial charge in [-0.25, -0.2) is 0 Å². The number of likely N-dealkylation sites (tertiary alicyclic amines) is 1. The van der Waals surface area contributed by atoms with Crippen molar-refractivity contribution in [2.45, 2.75) is 25.7 Å². The summed E-state index contributed by atoms with van der Waals surface area (Å²) in [5.41, 5.74) is 0.0367. The third kappa shape index (κ3) is 5.96. The molecule has 1 saturated heterocycles. The van der Waals surface area contributed by atoms with Gasteiger partial charge in [-0.3, -0.25) is 14.9 Å². The minimum absolute atomic E-state index is 0.164. The monoisotopic (exact) mass is 364 g/mol. The number of amides is 1. The number of ether oxygens (including phenoxy) is 1. The van der Waals surface area contributed by atoms with Crippen LogP contribution in [-0.2, 0) is 4.79 Å². The number of nitro benzene ring substituents is 1. The first kappa shape index (κ1) is 20.1. The Bertz CT molecular complexity index is 615. The summed E-state index contributed by atoms with van der Waals surface area (Å²) in [4.78, 5) is 25.1. The average Bonchev–Trinajstić information content (AvgIpc) is 2.65. The number of carbonyl (C=O) groups is 1. The van der Waals surface area contributed by atoms with E-state index in [0.717, 1.165) is 38.4 Å². The summed E-state index contributed by atoms with van der Waals surface area (Å²) >= 11 is 0. The van der Waals surface area contributed by atoms with Crippen molar-refractivity contribution in [3.63, 3.8) is 0 Å². The predicted molar refractivity (Wildman–Crippen MR) is 101 cm³/mol. The van der Waals surface area contributed by atoms with Crippen LogP contribution in [0.2, 0.25) is 0 Å². The van der Waals surface area contributed by atoms with E-state index in [0.29, 0.717) is 18.7 Å². The quantitative estimate of drug-likeness (QED) is 0.515. The van der Waals surface area contributed by atoms with Gasteiger partial charge in [0, 0.05) is 13.0 Å². The highest BCUT2D eigenvalue weighted by Crippen LogP contribution is 2.29. The summed E-state index contributed by atoms with van der Waals surface area (Å²) in [5, 5.41) is 17.0. The lowest BCUT2D eigenvalue weighted by Crippen LogP contribution is -2.36. The van der Waals surface area contributed by atoms with Gasteiger partial charge in [-0.15, -0.1) is 0 Å². The lowest BCUT2D eigenvalue weighted by atomic mass is 9.93. The van der Waals surface area contributed by atoms with Crippen LogP contribution in [0, 0.1) is 16.0 Å². The van der Waals surface area contributed by atoms with Gasteiger partial charge in [-0.1, -0.05) is 0 Å². The van der Waals surface area contributed by atoms with Crippen molar-refractivity contribution in [2.24, 2.45) is 5.92 Å². The smallest absolute Gasteiger partial charge is 0.296 e. The molecule has 8 heteroatoms. The number of nitrogens with zero attached hydrogens (tertiary/aromatic N) is 2. The fourth-order valence-corrected chi connectivity index (χ4v) is 3.21. The van der Waals surface area contributed by atoms with Gasteiger partial charge in [0.05, 0.1) is 18.1 Å². The molecular weight excluding hydrogens is 336 g/mol. The van der Waals surface area contributed by atoms with E-state index in [2.05, 4.69) is 15.5 Å². The molecule has 1 aromatic carbocycles. The van der Waals surface area contributed by atoms with E-state index in [4.69, 9.17) is 4.74 Å². The Labute approximate surface area is 154 Å². The van der Waals surface area contributed by atoms with Gasteiger partial charge in [-0.2, -0.15) is 0 Å². The summed E-state index contributed by atoms with van der Waals surface area (Å²) in [7, 11) is 3.42. The molecule has 144 valence electrons. The standard InChI is InChI=1S/C18H28N4O4/c1-19-9-5-14-6-10-21(11-7-14)12-8-18(23)20-16-4-3-15(26-2)13-17(16)22(24)25/h3-4,13-14,19H,5-12H2,1-2H3,(H,20,23). The normalized spacial score (nSPS) is 15.6. The summed E-state index contributed by atoms with van der Waals surface area (Å²) in [6.07, 6.45) is 3.84. The number of benzene rings is 1. The molecule has 1 aliphatic rings. The van der Waals surface area contributed by atoms with E-state index < -0.39 is 4.92 Å². The highest BCUT2D eigenvalue weighted by molar-refractivity contribution is 5.93. The molecule has 0 spiro atoms. The molecule has 0 atom stereocenters. The number of nitrogens with one attached hydrogen (secondary N) is 2. The Hall–Kier alpha value is -2.19. The van der Waals surface area contributed by atoms with Crippen LogP contribution in [0.1, 0.15) is 25.7 Å². The highest BCUT2D eigenvalue weighted by Gasteiger charge is 2.20. The number of anilines is 1. The van der Waals surface area contributed by atoms with E-state index in [1.54, 1.807) is 6.07 Å². The zero-order valence-electron chi connectivity index (χ0n) is 15.5. The maximum Gasteiger partial charge on any atom is 0.296 e. The van der Waals surface area contributed by atoms with Crippen LogP contribution in [0.3, 0.4) is 0 Å². The lowest BCUT2D eigenvalue weighted by Gasteiger charge is -2.31. The van der Waals surface area contributed by atoms with E-state index in [1.165, 1.54) is 25.7 Å². The average molecular weight is 364 g/mol. The van der Waals surface area contributed by atoms with Gasteiger partial charge < -0.3 is 20.3 Å². The summed E-state index contributed by atoms with van der Waals surface area (Å²) in [5.74, 6) is 0.931. The molecule has 1 fully saturated rings. The van der Waals surface area contributed by atoms with Gasteiger partial charge >= 0.3 is 0 Å². The molecule has 1 heterocycles. The topological polar surface area (TPSA) is 96.7 Å². The molecule has 2 N–H and O–H groups in total. The van der Waals surface area contributed by atoms with Gasteiger partial charge in [-0.05, 0) is 64.0 Å². The zero-order valence-corrected chi connectivity index (χ0v) is 15.5. The first-order valence-electron chi connectivity index (χ1n) is 9.02. The number of hydrogen-bond acceptors (Lipinski definition) is 6. The molecule has 1 aromatic rings. The molecule has 0 saturated carbocycles. The fraction of sp³-hybridized carbons (Fsp3) is 0.611. The van der Waals surface area contributed by atoms with Crippen molar-refractivity contribution in [1.82, 2.24) is 10.2 Å². The SMILES string of the molecule is CNCCC1CCN(CCC(=O)Nc2ccc(OC)cc2[N+](=O)[O-])CC1. The number of carbonyl (C=O) groups excluding carboxylic acids is 1. The van der Waals surface area contributed by atoms with Gasteiger partial charge in [0.1, 0.15) is 11.4 Å². The number of hydrogen-bond donors (Lipinski definition) is 2. The molecule has 0 aliphatic carbocycles. The summed E-state index contributed by atoms with van der Waals surface area (Å²) in [6, 6.07) is 4.41. The molecule has 0 bridgehead atoms. The van der Waals surface area contributed by atoms with Crippen LogP contribution in [-0.4, -0.2) is 56.1 Å². The number of rotatable bonds is 9. The van der Waals surface area contributed by atoms with E-state index in [1.807, 2.05) is 7.05 Å². The number of piperidine rings is 1. The zero-order chi connectivity index (χ0) is 18.9. The Balaban J connectivity index is 1.80. The van der Waals surface area contributed by atoms with Crippen molar-refractivity contribution in [1.29, 1.82) is 0 Å². The molecule has 0 aromatic heterocycles. The molecular formula is C18H28N4O4. The molecule has 2 rings (SSSR count). The number of nitro groups is 1. The second-order valence-corrected chi connectivity index (χ2v) is 6.62. The van der Waals surface area contributed by atoms with Crippen LogP contribution in [0.5, 0.6) is 5.75 Å². The minimum atomic E-state index is -0.520. The van der Waals surface area contributed by atoms with E-state index in [9.17, 15) is 14.9 Å². The van der Waals surface area contributed by atoms with Gasteiger partial charge in [0.2, 0.25) is 5.91 Å². The minimum Gasteiger partial charge on any atom is -0.496 e. The van der Waals surface area contributed by atoms with E-state index in [-0.39, 0.29) is 17.3 Å². The molecule has 0 unspecified atom stereocenters. The second kappa shape index (κ2) is 10.1. The molecule has 8 nitrogen and oxygen atoms in total. The Morgan fingerprint density at radius 1 is 1.38 bits per heavy atom. The molecule has 1 aliphatic heterocycles. The first-order valence-corrected chi connectivity index (χ1v) is 9.02. The Morgan fingerprint density at radius 2 is 2.12 bits per heavy atom. The lowest BCUT2D eigenvalue weighted by molar-refractivity contribution is -0.384. The third-order valence-electron chi connectivity index (χ3n) is 4.84. The largest absolute Gasteiger partial charge is 0.496 e. The Morgan fingerprint density at radius 3 is 2.73 bits per heavy atom. The maximum absolute atomic E-state index is 12.2. The van der Waals surface area contributed by atoms with E-state index >= 15 is 0 Å². The van der Waals surface area contributed by atoms with Crippen molar-refractivity contribution in [3.05, 3.63) is 28.3 Å². The van der Waals surface area contributed by atoms with Crippen molar-refractivity contribution >= 4 is 17.3 Å². The molecule has 0 radical (unpaired) electrons. The number of methoxy groups -OCH3 is 1. The molecule has 26 heavy (non-hydrogen) atoms. The van der Waals surface area contributed by atoms with Crippen molar-refractivity contribution in [3.8, 4) is 5.75 Å². The fourth-order valence-electron chi connectivity index (χ4n) is 3.21. The maximum atomic E-state index is 12.2. The van der Waals surface area contributed by atoms with Crippen molar-refractivity contribution < 1.29 is 14.5 Å². The third-order valence-corrected chi connectivity index (χ3v) is 4.84. The first-order chi connectivity index (χ1) is 12.5. The van der Waals surface area contributed by atoms with Crippen LogP contribution in [0.25, 0.3) is 0 Å². The van der Waals surface area contributed by atoms with Crippen LogP contribution < -0.4 is 15.4 Å².